The van der Waals surface area contributed by atoms with Gasteiger partial charge in [0.05, 0.1) is 17.1 Å². The molecule has 0 N–H and O–H groups in total. The number of pyridine rings is 1. The Morgan fingerprint density at radius 2 is 2.29 bits per heavy atom. The smallest absolute Gasteiger partial charge is 0.255 e. The second kappa shape index (κ2) is 4.34. The second-order valence-corrected chi connectivity index (χ2v) is 2.97. The summed E-state index contributed by atoms with van der Waals surface area (Å²) in [5, 5.41) is 8.65. The predicted molar refractivity (Wildman–Crippen MR) is 48.2 cm³/mol. The second-order valence-electron chi connectivity index (χ2n) is 2.70. The monoisotopic (exact) mass is 216 g/mol. The number of alkyl halides is 3. The van der Waals surface area contributed by atoms with Crippen LogP contribution in [0.3, 0.4) is 0 Å². The molecule has 1 aromatic rings. The van der Waals surface area contributed by atoms with Gasteiger partial charge in [-0.3, -0.25) is 4.98 Å². The molecule has 0 saturated heterocycles. The first kappa shape index (κ1) is 10.9. The summed E-state index contributed by atoms with van der Waals surface area (Å²) in [4.78, 5) is 3.85. The van der Waals surface area contributed by atoms with E-state index in [1.54, 1.807) is 6.07 Å². The van der Waals surface area contributed by atoms with Gasteiger partial charge in [-0.2, -0.15) is 5.26 Å². The molecule has 5 heteroatoms. The zero-order valence-corrected chi connectivity index (χ0v) is 8.15. The average Bonchev–Trinajstić information content (AvgIpc) is 2.16. The number of nitriles is 1. The lowest BCUT2D eigenvalue weighted by Crippen LogP contribution is -2.00. The maximum atomic E-state index is 12.4. The van der Waals surface area contributed by atoms with Crippen LogP contribution in [-0.2, 0) is 5.88 Å². The fourth-order valence-electron chi connectivity index (χ4n) is 1.09. The van der Waals surface area contributed by atoms with Gasteiger partial charge in [0.2, 0.25) is 0 Å². The molecule has 1 rings (SSSR count). The van der Waals surface area contributed by atoms with Crippen LogP contribution in [0.1, 0.15) is 28.9 Å². The summed E-state index contributed by atoms with van der Waals surface area (Å²) in [7, 11) is 0. The number of hydrogen-bond acceptors (Lipinski definition) is 2. The van der Waals surface area contributed by atoms with E-state index in [2.05, 4.69) is 4.98 Å². The molecule has 14 heavy (non-hydrogen) atoms. The molecular formula is C9H7ClF2N2. The molecule has 0 aromatic carbocycles. The maximum Gasteiger partial charge on any atom is 0.265 e. The molecule has 0 aliphatic carbocycles. The zero-order valence-electron chi connectivity index (χ0n) is 7.39. The van der Waals surface area contributed by atoms with Crippen molar-refractivity contribution >= 4 is 11.6 Å². The fraction of sp³-hybridized carbons (Fsp3) is 0.333. The molecule has 1 heterocycles. The van der Waals surface area contributed by atoms with E-state index in [1.165, 1.54) is 6.92 Å². The minimum Gasteiger partial charge on any atom is -0.255 e. The lowest BCUT2D eigenvalue weighted by atomic mass is 10.1. The molecule has 74 valence electrons. The van der Waals surface area contributed by atoms with Crippen molar-refractivity contribution in [1.82, 2.24) is 4.98 Å². The normalized spacial score (nSPS) is 10.3. The fourth-order valence-corrected chi connectivity index (χ4v) is 1.29. The molecule has 1 aromatic heterocycles. The van der Waals surface area contributed by atoms with Crippen molar-refractivity contribution in [3.8, 4) is 6.07 Å². The highest BCUT2D eigenvalue weighted by Gasteiger charge is 2.15. The summed E-state index contributed by atoms with van der Waals surface area (Å²) < 4.78 is 24.8. The number of aromatic nitrogens is 1. The van der Waals surface area contributed by atoms with Gasteiger partial charge in [0, 0.05) is 11.3 Å². The lowest BCUT2D eigenvalue weighted by molar-refractivity contribution is 0.150. The summed E-state index contributed by atoms with van der Waals surface area (Å²) in [5.41, 5.74) is 0.460. The Balaban J connectivity index is 3.32. The molecule has 0 unspecified atom stereocenters. The third-order valence-electron chi connectivity index (χ3n) is 1.81. The molecule has 0 radical (unpaired) electrons. The van der Waals surface area contributed by atoms with Crippen LogP contribution in [-0.4, -0.2) is 4.98 Å². The average molecular weight is 217 g/mol. The highest BCUT2D eigenvalue weighted by atomic mass is 35.5. The van der Waals surface area contributed by atoms with Crippen molar-refractivity contribution < 1.29 is 8.78 Å². The van der Waals surface area contributed by atoms with Gasteiger partial charge >= 0.3 is 0 Å². The van der Waals surface area contributed by atoms with Gasteiger partial charge in [-0.1, -0.05) is 0 Å². The first-order valence-corrected chi connectivity index (χ1v) is 4.38. The predicted octanol–water partition coefficient (Wildman–Crippen LogP) is 2.94. The third-order valence-corrected chi connectivity index (χ3v) is 2.07. The summed E-state index contributed by atoms with van der Waals surface area (Å²) in [6.07, 6.45) is -2.61. The number of hydrogen-bond donors (Lipinski definition) is 0. The van der Waals surface area contributed by atoms with Gasteiger partial charge in [-0.05, 0) is 13.0 Å². The molecule has 0 bridgehead atoms. The van der Waals surface area contributed by atoms with E-state index < -0.39 is 6.43 Å². The van der Waals surface area contributed by atoms with Gasteiger partial charge < -0.3 is 0 Å². The van der Waals surface area contributed by atoms with Crippen LogP contribution in [0.2, 0.25) is 0 Å². The van der Waals surface area contributed by atoms with Crippen LogP contribution in [0.15, 0.2) is 6.07 Å². The largest absolute Gasteiger partial charge is 0.265 e. The topological polar surface area (TPSA) is 36.7 Å². The van der Waals surface area contributed by atoms with Crippen LogP contribution >= 0.6 is 11.6 Å². The van der Waals surface area contributed by atoms with E-state index in [0.29, 0.717) is 5.69 Å². The highest BCUT2D eigenvalue weighted by Crippen LogP contribution is 2.24. The Labute approximate surface area is 85.1 Å². The first-order chi connectivity index (χ1) is 6.60. The standard InChI is InChI=1S/C9H7ClF2N2/c1-5-7(9(11)12)2-6(4-13)8(3-10)14-5/h2,9H,3H2,1H3. The molecule has 0 saturated carbocycles. The van der Waals surface area contributed by atoms with Crippen molar-refractivity contribution in [3.05, 3.63) is 28.6 Å². The van der Waals surface area contributed by atoms with Gasteiger partial charge in [0.25, 0.3) is 6.43 Å². The van der Waals surface area contributed by atoms with Gasteiger partial charge in [0.15, 0.2) is 0 Å². The number of aryl methyl sites for hydroxylation is 1. The molecule has 0 amide bonds. The van der Waals surface area contributed by atoms with Crippen LogP contribution in [0.4, 0.5) is 8.78 Å². The summed E-state index contributed by atoms with van der Waals surface area (Å²) in [6.45, 7) is 1.47. The number of halogens is 3. The Hall–Kier alpha value is -1.21. The van der Waals surface area contributed by atoms with Crippen molar-refractivity contribution in [3.63, 3.8) is 0 Å². The van der Waals surface area contributed by atoms with Crippen LogP contribution in [0.25, 0.3) is 0 Å². The van der Waals surface area contributed by atoms with Crippen molar-refractivity contribution in [2.24, 2.45) is 0 Å². The van der Waals surface area contributed by atoms with Gasteiger partial charge in [-0.25, -0.2) is 8.78 Å². The van der Waals surface area contributed by atoms with E-state index >= 15 is 0 Å². The Kier molecular flexibility index (Phi) is 3.37. The van der Waals surface area contributed by atoms with Crippen LogP contribution in [0.5, 0.6) is 0 Å². The van der Waals surface area contributed by atoms with E-state index in [-0.39, 0.29) is 22.7 Å². The highest BCUT2D eigenvalue weighted by molar-refractivity contribution is 6.17. The van der Waals surface area contributed by atoms with E-state index in [4.69, 9.17) is 16.9 Å². The maximum absolute atomic E-state index is 12.4. The van der Waals surface area contributed by atoms with E-state index in [1.807, 2.05) is 0 Å². The lowest BCUT2D eigenvalue weighted by Gasteiger charge is -2.06. The molecule has 0 aliphatic heterocycles. The Morgan fingerprint density at radius 3 is 2.71 bits per heavy atom. The summed E-state index contributed by atoms with van der Waals surface area (Å²) in [6, 6.07) is 2.93. The minimum atomic E-state index is -2.61. The first-order valence-electron chi connectivity index (χ1n) is 3.84. The number of rotatable bonds is 2. The van der Waals surface area contributed by atoms with Crippen molar-refractivity contribution in [2.45, 2.75) is 19.2 Å². The van der Waals surface area contributed by atoms with E-state index in [0.717, 1.165) is 6.07 Å². The van der Waals surface area contributed by atoms with Crippen LogP contribution in [0, 0.1) is 18.3 Å². The summed E-state index contributed by atoms with van der Waals surface area (Å²) >= 11 is 5.51. The number of nitrogens with zero attached hydrogens (tertiary/aromatic N) is 2. The SMILES string of the molecule is Cc1nc(CCl)c(C#N)cc1C(F)F. The molecular weight excluding hydrogens is 210 g/mol. The minimum absolute atomic E-state index is 0.0489. The molecule has 0 fully saturated rings. The molecule has 2 nitrogen and oxygen atoms in total. The summed E-state index contributed by atoms with van der Waals surface area (Å²) in [5.74, 6) is 0.0489. The van der Waals surface area contributed by atoms with Gasteiger partial charge in [0.1, 0.15) is 6.07 Å². The third kappa shape index (κ3) is 1.99. The quantitative estimate of drug-likeness (QED) is 0.713. The Morgan fingerprint density at radius 1 is 1.64 bits per heavy atom. The van der Waals surface area contributed by atoms with Gasteiger partial charge in [-0.15, -0.1) is 11.6 Å². The molecule has 0 aliphatic rings. The van der Waals surface area contributed by atoms with Crippen molar-refractivity contribution in [2.75, 3.05) is 0 Å². The molecule has 0 atom stereocenters. The van der Waals surface area contributed by atoms with Crippen LogP contribution < -0.4 is 0 Å². The Bertz CT molecular complexity index is 385. The van der Waals surface area contributed by atoms with E-state index in [9.17, 15) is 8.78 Å². The molecule has 0 spiro atoms. The zero-order chi connectivity index (χ0) is 10.7. The van der Waals surface area contributed by atoms with Crippen molar-refractivity contribution in [1.29, 1.82) is 5.26 Å².